The summed E-state index contributed by atoms with van der Waals surface area (Å²) in [7, 11) is 3.32. The van der Waals surface area contributed by atoms with Crippen molar-refractivity contribution in [3.63, 3.8) is 0 Å². The molecule has 0 aliphatic rings. The molecule has 2 atom stereocenters. The van der Waals surface area contributed by atoms with Gasteiger partial charge in [-0.15, -0.1) is 0 Å². The average molecular weight is 296 g/mol. The van der Waals surface area contributed by atoms with Gasteiger partial charge in [-0.05, 0) is 0 Å². The van der Waals surface area contributed by atoms with E-state index in [4.69, 9.17) is 0 Å². The molecule has 1 heterocycles. The molecule has 1 aromatic rings. The smallest absolute Gasteiger partial charge is 0.425 e. The van der Waals surface area contributed by atoms with E-state index in [0.717, 1.165) is 25.0 Å². The summed E-state index contributed by atoms with van der Waals surface area (Å²) in [6, 6.07) is 0. The second-order valence-electron chi connectivity index (χ2n) is 4.16. The fourth-order valence-corrected chi connectivity index (χ4v) is 1.88. The number of alkyl halides is 3. The van der Waals surface area contributed by atoms with Crippen molar-refractivity contribution < 1.29 is 32.5 Å². The maximum atomic E-state index is 13.4. The lowest BCUT2D eigenvalue weighted by Crippen LogP contribution is -2.54. The van der Waals surface area contributed by atoms with Crippen LogP contribution in [0.25, 0.3) is 0 Å². The lowest BCUT2D eigenvalue weighted by molar-refractivity contribution is -0.293. The predicted molar refractivity (Wildman–Crippen MR) is 60.5 cm³/mol. The number of halogens is 3. The minimum atomic E-state index is -5.14. The number of hydrogen-bond acceptors (Lipinski definition) is 5. The zero-order valence-corrected chi connectivity index (χ0v) is 11.1. The Hall–Kier alpha value is -1.61. The van der Waals surface area contributed by atoms with Gasteiger partial charge in [0.05, 0.1) is 13.7 Å². The Kier molecular flexibility index (Phi) is 4.77. The molecule has 0 aromatic carbocycles. The standard InChI is InChI=1S/C11H15F3N2O4/c1-16-5-4-15-9(16)10(18,11(12,13)14)7(6-19-2)8(17)20-3/h4-5,7,18H,6H2,1-3H3/t7-,10-/m0/s1. The summed E-state index contributed by atoms with van der Waals surface area (Å²) >= 11 is 0. The fourth-order valence-electron chi connectivity index (χ4n) is 1.88. The Labute approximate surface area is 113 Å². The van der Waals surface area contributed by atoms with Gasteiger partial charge in [-0.2, -0.15) is 13.2 Å². The third-order valence-electron chi connectivity index (χ3n) is 2.92. The SMILES string of the molecule is COC[C@@H](C(=O)OC)[C@](O)(c1nccn1C)C(F)(F)F. The normalized spacial score (nSPS) is 16.6. The molecule has 0 aliphatic heterocycles. The molecule has 6 nitrogen and oxygen atoms in total. The summed E-state index contributed by atoms with van der Waals surface area (Å²) < 4.78 is 50.0. The molecule has 0 fully saturated rings. The highest BCUT2D eigenvalue weighted by atomic mass is 19.4. The molecule has 0 bridgehead atoms. The number of rotatable bonds is 5. The van der Waals surface area contributed by atoms with Gasteiger partial charge in [-0.3, -0.25) is 4.79 Å². The molecular weight excluding hydrogens is 281 g/mol. The summed E-state index contributed by atoms with van der Waals surface area (Å²) in [4.78, 5) is 15.1. The van der Waals surface area contributed by atoms with Crippen LogP contribution < -0.4 is 0 Å². The van der Waals surface area contributed by atoms with Crippen LogP contribution in [0.4, 0.5) is 13.2 Å². The maximum absolute atomic E-state index is 13.4. The molecule has 0 radical (unpaired) electrons. The van der Waals surface area contributed by atoms with Crippen molar-refractivity contribution >= 4 is 5.97 Å². The molecule has 20 heavy (non-hydrogen) atoms. The summed E-state index contributed by atoms with van der Waals surface area (Å²) in [6.07, 6.45) is -2.82. The Morgan fingerprint density at radius 2 is 2.10 bits per heavy atom. The molecule has 0 saturated heterocycles. The van der Waals surface area contributed by atoms with E-state index in [1.807, 2.05) is 0 Å². The summed E-state index contributed by atoms with van der Waals surface area (Å²) in [6.45, 7) is -0.671. The number of carbonyl (C=O) groups is 1. The van der Waals surface area contributed by atoms with Crippen molar-refractivity contribution in [1.29, 1.82) is 0 Å². The van der Waals surface area contributed by atoms with Gasteiger partial charge in [0, 0.05) is 26.6 Å². The number of esters is 1. The van der Waals surface area contributed by atoms with Gasteiger partial charge in [0.1, 0.15) is 5.92 Å². The Bertz CT molecular complexity index is 474. The van der Waals surface area contributed by atoms with Crippen LogP contribution in [0.1, 0.15) is 5.82 Å². The van der Waals surface area contributed by atoms with Crippen molar-refractivity contribution in [2.24, 2.45) is 13.0 Å². The van der Waals surface area contributed by atoms with Gasteiger partial charge in [-0.25, -0.2) is 4.98 Å². The predicted octanol–water partition coefficient (Wildman–Crippen LogP) is 0.606. The van der Waals surface area contributed by atoms with Crippen molar-refractivity contribution in [3.05, 3.63) is 18.2 Å². The Morgan fingerprint density at radius 3 is 2.45 bits per heavy atom. The van der Waals surface area contributed by atoms with Gasteiger partial charge in [0.15, 0.2) is 5.82 Å². The van der Waals surface area contributed by atoms with Crippen LogP contribution in [-0.2, 0) is 26.9 Å². The van der Waals surface area contributed by atoms with Crippen molar-refractivity contribution in [3.8, 4) is 0 Å². The molecule has 0 saturated carbocycles. The first kappa shape index (κ1) is 16.4. The zero-order valence-electron chi connectivity index (χ0n) is 11.1. The van der Waals surface area contributed by atoms with Crippen LogP contribution in [0.15, 0.2) is 12.4 Å². The Balaban J connectivity index is 3.44. The van der Waals surface area contributed by atoms with Gasteiger partial charge in [0.25, 0.3) is 0 Å². The topological polar surface area (TPSA) is 73.6 Å². The number of aliphatic hydroxyl groups is 1. The summed E-state index contributed by atoms with van der Waals surface area (Å²) in [5, 5.41) is 10.2. The second-order valence-corrected chi connectivity index (χ2v) is 4.16. The Morgan fingerprint density at radius 1 is 1.50 bits per heavy atom. The largest absolute Gasteiger partial charge is 0.469 e. The highest BCUT2D eigenvalue weighted by Crippen LogP contribution is 2.44. The second kappa shape index (κ2) is 5.80. The molecule has 1 N–H and O–H groups in total. The summed E-state index contributed by atoms with van der Waals surface area (Å²) in [5.74, 6) is -3.94. The van der Waals surface area contributed by atoms with Gasteiger partial charge < -0.3 is 19.1 Å². The molecule has 1 aromatic heterocycles. The summed E-state index contributed by atoms with van der Waals surface area (Å²) in [5.41, 5.74) is -3.51. The van der Waals surface area contributed by atoms with E-state index in [1.54, 1.807) is 0 Å². The number of ether oxygens (including phenoxy) is 2. The first-order valence-electron chi connectivity index (χ1n) is 5.53. The minimum Gasteiger partial charge on any atom is -0.469 e. The minimum absolute atomic E-state index is 0.671. The highest BCUT2D eigenvalue weighted by molar-refractivity contribution is 5.74. The van der Waals surface area contributed by atoms with Crippen molar-refractivity contribution in [2.75, 3.05) is 20.8 Å². The van der Waals surface area contributed by atoms with Gasteiger partial charge in [-0.1, -0.05) is 0 Å². The van der Waals surface area contributed by atoms with E-state index in [9.17, 15) is 23.1 Å². The average Bonchev–Trinajstić information content (AvgIpc) is 2.79. The molecule has 0 unspecified atom stereocenters. The van der Waals surface area contributed by atoms with E-state index in [2.05, 4.69) is 14.5 Å². The molecule has 1 rings (SSSR count). The van der Waals surface area contributed by atoms with Crippen LogP contribution in [0.2, 0.25) is 0 Å². The molecule has 114 valence electrons. The number of hydrogen-bond donors (Lipinski definition) is 1. The van der Waals surface area contributed by atoms with Crippen molar-refractivity contribution in [2.45, 2.75) is 11.8 Å². The van der Waals surface area contributed by atoms with E-state index < -0.39 is 36.1 Å². The third-order valence-corrected chi connectivity index (χ3v) is 2.92. The van der Waals surface area contributed by atoms with Crippen LogP contribution in [0.3, 0.4) is 0 Å². The number of imidazole rings is 1. The maximum Gasteiger partial charge on any atom is 0.425 e. The monoisotopic (exact) mass is 296 g/mol. The van der Waals surface area contributed by atoms with E-state index in [0.29, 0.717) is 0 Å². The van der Waals surface area contributed by atoms with E-state index >= 15 is 0 Å². The molecule has 0 amide bonds. The fraction of sp³-hybridized carbons (Fsp3) is 0.636. The van der Waals surface area contributed by atoms with Crippen molar-refractivity contribution in [1.82, 2.24) is 9.55 Å². The number of aromatic nitrogens is 2. The lowest BCUT2D eigenvalue weighted by atomic mass is 9.86. The lowest BCUT2D eigenvalue weighted by Gasteiger charge is -2.34. The number of nitrogens with zero attached hydrogens (tertiary/aromatic N) is 2. The van der Waals surface area contributed by atoms with E-state index in [1.165, 1.54) is 13.2 Å². The van der Waals surface area contributed by atoms with Crippen LogP contribution in [0, 0.1) is 5.92 Å². The van der Waals surface area contributed by atoms with Gasteiger partial charge >= 0.3 is 12.1 Å². The van der Waals surface area contributed by atoms with Crippen LogP contribution in [-0.4, -0.2) is 47.6 Å². The highest BCUT2D eigenvalue weighted by Gasteiger charge is 2.64. The molecule has 0 aliphatic carbocycles. The quantitative estimate of drug-likeness (QED) is 0.806. The number of carbonyl (C=O) groups excluding carboxylic acids is 1. The zero-order chi connectivity index (χ0) is 15.6. The first-order chi connectivity index (χ1) is 9.20. The molecule has 9 heteroatoms. The number of aryl methyl sites for hydroxylation is 1. The van der Waals surface area contributed by atoms with Crippen LogP contribution in [0.5, 0.6) is 0 Å². The van der Waals surface area contributed by atoms with E-state index in [-0.39, 0.29) is 0 Å². The molecular formula is C11H15F3N2O4. The van der Waals surface area contributed by atoms with Gasteiger partial charge in [0.2, 0.25) is 5.60 Å². The molecule has 0 spiro atoms. The number of methoxy groups -OCH3 is 2. The first-order valence-corrected chi connectivity index (χ1v) is 5.53. The van der Waals surface area contributed by atoms with Crippen LogP contribution >= 0.6 is 0 Å². The third kappa shape index (κ3) is 2.63.